The number of carbonyl (C=O) groups excluding carboxylic acids is 1. The quantitative estimate of drug-likeness (QED) is 0.383. The molecule has 0 saturated heterocycles. The van der Waals surface area contributed by atoms with Crippen molar-refractivity contribution < 1.29 is 9.53 Å². The molecule has 0 spiro atoms. The summed E-state index contributed by atoms with van der Waals surface area (Å²) in [5.74, 6) is -0.226. The monoisotopic (exact) mass is 186 g/mol. The maximum absolute atomic E-state index is 10.8. The maximum Gasteiger partial charge on any atom is 0.330 e. The molecule has 0 aromatic heterocycles. The second-order valence-corrected chi connectivity index (χ2v) is 9.45. The van der Waals surface area contributed by atoms with Crippen molar-refractivity contribution in [2.75, 3.05) is 6.61 Å². The number of hydrogen-bond donors (Lipinski definition) is 0. The van der Waals surface area contributed by atoms with E-state index in [-0.39, 0.29) is 5.97 Å². The molecule has 0 fully saturated rings. The fraction of sp³-hybridized carbons (Fsp3) is 0.667. The molecule has 0 N–H and O–H groups in total. The summed E-state index contributed by atoms with van der Waals surface area (Å²) in [6.45, 7) is 9.06. The molecule has 3 heteroatoms. The summed E-state index contributed by atoms with van der Waals surface area (Å²) in [6.07, 6.45) is 3.45. The molecule has 0 aliphatic rings. The van der Waals surface area contributed by atoms with Crippen molar-refractivity contribution in [2.45, 2.75) is 32.6 Å². The fourth-order valence-electron chi connectivity index (χ4n) is 0.699. The fourth-order valence-corrected chi connectivity index (χ4v) is 1.52. The molecule has 0 amide bonds. The van der Waals surface area contributed by atoms with Crippen LogP contribution in [0.4, 0.5) is 0 Å². The van der Waals surface area contributed by atoms with E-state index in [4.69, 9.17) is 4.74 Å². The van der Waals surface area contributed by atoms with Crippen molar-refractivity contribution >= 4 is 14.0 Å². The first-order valence-corrected chi connectivity index (χ1v) is 7.99. The first-order valence-electron chi connectivity index (χ1n) is 4.29. The van der Waals surface area contributed by atoms with Crippen molar-refractivity contribution in [3.8, 4) is 0 Å². The third-order valence-corrected chi connectivity index (χ3v) is 2.73. The van der Waals surface area contributed by atoms with E-state index in [1.807, 2.05) is 13.0 Å². The van der Waals surface area contributed by atoms with Gasteiger partial charge in [-0.1, -0.05) is 25.7 Å². The largest absolute Gasteiger partial charge is 0.463 e. The third-order valence-electron chi connectivity index (χ3n) is 1.27. The Morgan fingerprint density at radius 2 is 2.00 bits per heavy atom. The number of esters is 1. The predicted molar refractivity (Wildman–Crippen MR) is 53.9 cm³/mol. The average Bonchev–Trinajstić information content (AvgIpc) is 1.84. The molecule has 0 aromatic carbocycles. The van der Waals surface area contributed by atoms with Crippen molar-refractivity contribution in [2.24, 2.45) is 0 Å². The highest BCUT2D eigenvalue weighted by Crippen LogP contribution is 2.08. The van der Waals surface area contributed by atoms with E-state index in [0.717, 1.165) is 6.04 Å². The maximum atomic E-state index is 10.8. The van der Waals surface area contributed by atoms with Gasteiger partial charge in [-0.05, 0) is 13.0 Å². The Balaban J connectivity index is 3.69. The molecule has 0 saturated carbocycles. The van der Waals surface area contributed by atoms with Crippen molar-refractivity contribution in [3.63, 3.8) is 0 Å². The van der Waals surface area contributed by atoms with Gasteiger partial charge in [0.1, 0.15) is 0 Å². The molecule has 0 bridgehead atoms. The van der Waals surface area contributed by atoms with Crippen LogP contribution >= 0.6 is 0 Å². The first-order chi connectivity index (χ1) is 5.45. The SMILES string of the molecule is CCOC(=O)/C=C/C[Si](C)(C)C. The Labute approximate surface area is 75.6 Å². The van der Waals surface area contributed by atoms with Crippen molar-refractivity contribution in [3.05, 3.63) is 12.2 Å². The normalized spacial score (nSPS) is 12.0. The molecule has 0 aromatic rings. The molecular formula is C9H18O2Si. The Morgan fingerprint density at radius 1 is 1.42 bits per heavy atom. The molecule has 70 valence electrons. The second-order valence-electron chi connectivity index (χ2n) is 3.92. The van der Waals surface area contributed by atoms with Gasteiger partial charge >= 0.3 is 5.97 Å². The van der Waals surface area contributed by atoms with Gasteiger partial charge in [-0.25, -0.2) is 4.79 Å². The predicted octanol–water partition coefficient (Wildman–Crippen LogP) is 2.44. The zero-order valence-electron chi connectivity index (χ0n) is 8.39. The number of ether oxygens (including phenoxy) is 1. The van der Waals surface area contributed by atoms with Crippen LogP contribution < -0.4 is 0 Å². The highest BCUT2D eigenvalue weighted by Gasteiger charge is 2.09. The number of allylic oxidation sites excluding steroid dienone is 1. The van der Waals surface area contributed by atoms with E-state index in [1.165, 1.54) is 6.08 Å². The molecule has 12 heavy (non-hydrogen) atoms. The van der Waals surface area contributed by atoms with Gasteiger partial charge in [-0.3, -0.25) is 0 Å². The molecule has 0 heterocycles. The summed E-state index contributed by atoms with van der Waals surface area (Å²) in [6, 6.07) is 1.03. The second kappa shape index (κ2) is 5.14. The van der Waals surface area contributed by atoms with Crippen LogP contribution in [0.25, 0.3) is 0 Å². The first kappa shape index (κ1) is 11.4. The third kappa shape index (κ3) is 7.53. The van der Waals surface area contributed by atoms with Crippen LogP contribution in [0.2, 0.25) is 25.7 Å². The summed E-state index contributed by atoms with van der Waals surface area (Å²) in [5.41, 5.74) is 0. The minimum absolute atomic E-state index is 0.226. The molecule has 0 aliphatic carbocycles. The molecule has 0 aliphatic heterocycles. The number of carbonyl (C=O) groups is 1. The Hall–Kier alpha value is -0.573. The van der Waals surface area contributed by atoms with Gasteiger partial charge in [0, 0.05) is 14.1 Å². The van der Waals surface area contributed by atoms with E-state index in [0.29, 0.717) is 6.61 Å². The van der Waals surface area contributed by atoms with E-state index in [1.54, 1.807) is 0 Å². The van der Waals surface area contributed by atoms with Crippen LogP contribution in [0.15, 0.2) is 12.2 Å². The van der Waals surface area contributed by atoms with Gasteiger partial charge < -0.3 is 4.74 Å². The highest BCUT2D eigenvalue weighted by atomic mass is 28.3. The van der Waals surface area contributed by atoms with Crippen molar-refractivity contribution in [1.29, 1.82) is 0 Å². The van der Waals surface area contributed by atoms with E-state index < -0.39 is 8.07 Å². The van der Waals surface area contributed by atoms with Crippen LogP contribution in [0, 0.1) is 0 Å². The molecular weight excluding hydrogens is 168 g/mol. The van der Waals surface area contributed by atoms with Gasteiger partial charge in [0.05, 0.1) is 6.61 Å². The lowest BCUT2D eigenvalue weighted by Gasteiger charge is -2.11. The van der Waals surface area contributed by atoms with Gasteiger partial charge in [0.25, 0.3) is 0 Å². The summed E-state index contributed by atoms with van der Waals surface area (Å²) < 4.78 is 4.75. The molecule has 0 unspecified atom stereocenters. The Morgan fingerprint density at radius 3 is 2.42 bits per heavy atom. The van der Waals surface area contributed by atoms with Crippen LogP contribution in [0.3, 0.4) is 0 Å². The van der Waals surface area contributed by atoms with Crippen molar-refractivity contribution in [1.82, 2.24) is 0 Å². The van der Waals surface area contributed by atoms with Gasteiger partial charge in [-0.2, -0.15) is 0 Å². The van der Waals surface area contributed by atoms with Crippen LogP contribution in [0.5, 0.6) is 0 Å². The molecule has 0 atom stereocenters. The lowest BCUT2D eigenvalue weighted by Crippen LogP contribution is -2.17. The van der Waals surface area contributed by atoms with Crippen LogP contribution in [-0.2, 0) is 9.53 Å². The Kier molecular flexibility index (Phi) is 4.89. The lowest BCUT2D eigenvalue weighted by atomic mass is 10.5. The molecule has 0 radical (unpaired) electrons. The summed E-state index contributed by atoms with van der Waals surface area (Å²) in [5, 5.41) is 0. The summed E-state index contributed by atoms with van der Waals surface area (Å²) in [4.78, 5) is 10.8. The molecule has 2 nitrogen and oxygen atoms in total. The smallest absolute Gasteiger partial charge is 0.330 e. The topological polar surface area (TPSA) is 26.3 Å². The minimum atomic E-state index is -1.04. The molecule has 0 rings (SSSR count). The summed E-state index contributed by atoms with van der Waals surface area (Å²) in [7, 11) is -1.04. The van der Waals surface area contributed by atoms with Gasteiger partial charge in [-0.15, -0.1) is 0 Å². The average molecular weight is 186 g/mol. The zero-order valence-corrected chi connectivity index (χ0v) is 9.39. The van der Waals surface area contributed by atoms with E-state index in [2.05, 4.69) is 19.6 Å². The van der Waals surface area contributed by atoms with Gasteiger partial charge in [0.15, 0.2) is 0 Å². The van der Waals surface area contributed by atoms with E-state index >= 15 is 0 Å². The minimum Gasteiger partial charge on any atom is -0.463 e. The lowest BCUT2D eigenvalue weighted by molar-refractivity contribution is -0.137. The standard InChI is InChI=1S/C9H18O2Si/c1-5-11-9(10)7-6-8-12(2,3)4/h6-7H,5,8H2,1-4H3/b7-6+. The van der Waals surface area contributed by atoms with Crippen LogP contribution in [-0.4, -0.2) is 20.7 Å². The highest BCUT2D eigenvalue weighted by molar-refractivity contribution is 6.76. The summed E-state index contributed by atoms with van der Waals surface area (Å²) >= 11 is 0. The zero-order chi connectivity index (χ0) is 9.61. The number of hydrogen-bond acceptors (Lipinski definition) is 2. The Bertz CT molecular complexity index is 168. The number of rotatable bonds is 4. The van der Waals surface area contributed by atoms with Gasteiger partial charge in [0.2, 0.25) is 0 Å². The van der Waals surface area contributed by atoms with Crippen LogP contribution in [0.1, 0.15) is 6.92 Å². The van der Waals surface area contributed by atoms with E-state index in [9.17, 15) is 4.79 Å².